The second-order valence-electron chi connectivity index (χ2n) is 5.32. The third-order valence-electron chi connectivity index (χ3n) is 4.00. The molecule has 1 aromatic carbocycles. The Hall–Kier alpha value is -0.140. The number of benzene rings is 1. The number of halogens is 2. The van der Waals surface area contributed by atoms with Gasteiger partial charge < -0.3 is 10.4 Å². The van der Waals surface area contributed by atoms with Gasteiger partial charge in [0.1, 0.15) is 0 Å². The van der Waals surface area contributed by atoms with Crippen molar-refractivity contribution >= 4 is 44.4 Å². The van der Waals surface area contributed by atoms with Gasteiger partial charge in [0.05, 0.1) is 5.56 Å². The van der Waals surface area contributed by atoms with Gasteiger partial charge in [-0.2, -0.15) is 0 Å². The summed E-state index contributed by atoms with van der Waals surface area (Å²) >= 11 is 5.62. The van der Waals surface area contributed by atoms with Crippen molar-refractivity contribution in [2.75, 3.05) is 13.2 Å². The molecule has 20 heavy (non-hydrogen) atoms. The van der Waals surface area contributed by atoms with E-state index in [4.69, 9.17) is 0 Å². The molecule has 0 spiro atoms. The van der Waals surface area contributed by atoms with Crippen LogP contribution in [-0.2, 0) is 0 Å². The van der Waals surface area contributed by atoms with E-state index < -0.39 is 0 Å². The van der Waals surface area contributed by atoms with Crippen molar-refractivity contribution in [3.63, 3.8) is 0 Å². The van der Waals surface area contributed by atoms with Crippen LogP contribution >= 0.6 is 38.5 Å². The molecule has 2 unspecified atom stereocenters. The number of rotatable bonds is 4. The van der Waals surface area contributed by atoms with Crippen LogP contribution in [0.5, 0.6) is 0 Å². The van der Waals surface area contributed by atoms with E-state index in [2.05, 4.69) is 43.8 Å². The molecule has 5 heteroatoms. The molecule has 1 saturated carbocycles. The zero-order valence-corrected chi connectivity index (χ0v) is 15.0. The van der Waals surface area contributed by atoms with E-state index in [1.54, 1.807) is 0 Å². The first-order valence-electron chi connectivity index (χ1n) is 6.96. The molecule has 0 saturated heterocycles. The van der Waals surface area contributed by atoms with Crippen molar-refractivity contribution in [2.24, 2.45) is 11.8 Å². The predicted molar refractivity (Wildman–Crippen MR) is 91.7 cm³/mol. The first-order valence-corrected chi connectivity index (χ1v) is 8.83. The summed E-state index contributed by atoms with van der Waals surface area (Å²) in [6.45, 7) is 0.884. The molecule has 3 nitrogen and oxygen atoms in total. The number of aliphatic hydroxyl groups is 1. The van der Waals surface area contributed by atoms with E-state index >= 15 is 0 Å². The predicted octanol–water partition coefficient (Wildman–Crippen LogP) is 3.58. The molecule has 1 fully saturated rings. The minimum Gasteiger partial charge on any atom is -0.396 e. The topological polar surface area (TPSA) is 49.3 Å². The molecule has 0 bridgehead atoms. The van der Waals surface area contributed by atoms with Crippen molar-refractivity contribution in [3.8, 4) is 0 Å². The lowest BCUT2D eigenvalue weighted by Gasteiger charge is -2.30. The van der Waals surface area contributed by atoms with E-state index in [1.165, 1.54) is 12.8 Å². The van der Waals surface area contributed by atoms with Gasteiger partial charge >= 0.3 is 0 Å². The average Bonchev–Trinajstić information content (AvgIpc) is 2.47. The fourth-order valence-corrected chi connectivity index (χ4v) is 3.70. The fraction of sp³-hybridized carbons (Fsp3) is 0.533. The average molecular weight is 452 g/mol. The molecule has 2 N–H and O–H groups in total. The van der Waals surface area contributed by atoms with Crippen molar-refractivity contribution in [3.05, 3.63) is 31.8 Å². The molecular weight excluding hydrogens is 433 g/mol. The first kappa shape index (κ1) is 16.2. The van der Waals surface area contributed by atoms with Crippen LogP contribution in [0.15, 0.2) is 22.7 Å². The molecule has 2 rings (SSSR count). The Balaban J connectivity index is 1.96. The molecule has 0 heterocycles. The Kier molecular flexibility index (Phi) is 6.29. The number of aliphatic hydroxyl groups excluding tert-OH is 1. The summed E-state index contributed by atoms with van der Waals surface area (Å²) in [7, 11) is 0. The Morgan fingerprint density at radius 3 is 2.75 bits per heavy atom. The highest BCUT2D eigenvalue weighted by atomic mass is 127. The largest absolute Gasteiger partial charge is 0.396 e. The highest BCUT2D eigenvalue weighted by molar-refractivity contribution is 14.1. The molecule has 0 aromatic heterocycles. The number of hydrogen-bond donors (Lipinski definition) is 2. The van der Waals surface area contributed by atoms with Gasteiger partial charge in [-0.3, -0.25) is 4.79 Å². The maximum atomic E-state index is 12.2. The summed E-state index contributed by atoms with van der Waals surface area (Å²) < 4.78 is 1.86. The van der Waals surface area contributed by atoms with Gasteiger partial charge in [0.2, 0.25) is 0 Å². The summed E-state index contributed by atoms with van der Waals surface area (Å²) in [5, 5.41) is 12.4. The Morgan fingerprint density at radius 2 is 2.05 bits per heavy atom. The van der Waals surface area contributed by atoms with Gasteiger partial charge in [-0.15, -0.1) is 0 Å². The Bertz CT molecular complexity index is 481. The zero-order valence-electron chi connectivity index (χ0n) is 11.2. The lowest BCUT2D eigenvalue weighted by Crippen LogP contribution is -2.35. The van der Waals surface area contributed by atoms with E-state index in [1.807, 2.05) is 18.2 Å². The van der Waals surface area contributed by atoms with Gasteiger partial charge in [0.25, 0.3) is 5.91 Å². The van der Waals surface area contributed by atoms with Crippen molar-refractivity contribution in [1.29, 1.82) is 0 Å². The zero-order chi connectivity index (χ0) is 14.5. The maximum absolute atomic E-state index is 12.2. The smallest absolute Gasteiger partial charge is 0.252 e. The third-order valence-corrected chi connectivity index (χ3v) is 5.36. The van der Waals surface area contributed by atoms with E-state index in [9.17, 15) is 9.90 Å². The summed E-state index contributed by atoms with van der Waals surface area (Å²) in [4.78, 5) is 12.2. The number of carbonyl (C=O) groups is 1. The van der Waals surface area contributed by atoms with Gasteiger partial charge in [0.15, 0.2) is 0 Å². The Morgan fingerprint density at radius 1 is 1.35 bits per heavy atom. The van der Waals surface area contributed by atoms with Crippen molar-refractivity contribution in [2.45, 2.75) is 25.7 Å². The van der Waals surface area contributed by atoms with Crippen LogP contribution in [-0.4, -0.2) is 24.2 Å². The van der Waals surface area contributed by atoms with Gasteiger partial charge in [-0.05, 0) is 81.4 Å². The molecule has 1 amide bonds. The van der Waals surface area contributed by atoms with E-state index in [0.29, 0.717) is 23.9 Å². The second-order valence-corrected chi connectivity index (χ2v) is 7.42. The quantitative estimate of drug-likeness (QED) is 0.687. The first-order chi connectivity index (χ1) is 9.61. The number of hydrogen-bond acceptors (Lipinski definition) is 2. The van der Waals surface area contributed by atoms with Gasteiger partial charge in [-0.25, -0.2) is 0 Å². The van der Waals surface area contributed by atoms with Crippen LogP contribution in [0.3, 0.4) is 0 Å². The summed E-state index contributed by atoms with van der Waals surface area (Å²) in [5.41, 5.74) is 0.674. The molecule has 2 atom stereocenters. The highest BCUT2D eigenvalue weighted by Crippen LogP contribution is 2.29. The normalized spacial score (nSPS) is 22.6. The molecule has 0 radical (unpaired) electrons. The van der Waals surface area contributed by atoms with Crippen LogP contribution in [0.1, 0.15) is 36.0 Å². The second kappa shape index (κ2) is 7.75. The van der Waals surface area contributed by atoms with Gasteiger partial charge in [-0.1, -0.05) is 12.8 Å². The third kappa shape index (κ3) is 4.18. The summed E-state index contributed by atoms with van der Waals surface area (Å²) in [6, 6.07) is 5.74. The van der Waals surface area contributed by atoms with Crippen molar-refractivity contribution in [1.82, 2.24) is 5.32 Å². The maximum Gasteiger partial charge on any atom is 0.252 e. The van der Waals surface area contributed by atoms with Crippen LogP contribution in [0, 0.1) is 15.4 Å². The number of amides is 1. The monoisotopic (exact) mass is 451 g/mol. The fourth-order valence-electron chi connectivity index (χ4n) is 2.78. The van der Waals surface area contributed by atoms with Gasteiger partial charge in [0, 0.05) is 21.2 Å². The lowest BCUT2D eigenvalue weighted by molar-refractivity contribution is 0.0908. The van der Waals surface area contributed by atoms with E-state index in [-0.39, 0.29) is 12.5 Å². The number of nitrogens with one attached hydrogen (secondary N) is 1. The van der Waals surface area contributed by atoms with Crippen LogP contribution in [0.2, 0.25) is 0 Å². The minimum atomic E-state index is -0.0438. The molecule has 1 aromatic rings. The Labute approximate surface area is 141 Å². The van der Waals surface area contributed by atoms with Crippen LogP contribution in [0.25, 0.3) is 0 Å². The summed E-state index contributed by atoms with van der Waals surface area (Å²) in [5.74, 6) is 0.695. The SMILES string of the molecule is O=C(NCC1CCCCC1CO)c1cc(I)ccc1Br. The number of carbonyl (C=O) groups excluding carboxylic acids is 1. The molecule has 1 aliphatic carbocycles. The summed E-state index contributed by atoms with van der Waals surface area (Å²) in [6.07, 6.45) is 4.56. The van der Waals surface area contributed by atoms with E-state index in [0.717, 1.165) is 20.9 Å². The molecule has 1 aliphatic rings. The molecular formula is C15H19BrINO2. The lowest BCUT2D eigenvalue weighted by atomic mass is 9.79. The van der Waals surface area contributed by atoms with Crippen molar-refractivity contribution < 1.29 is 9.90 Å². The minimum absolute atomic E-state index is 0.0438. The standard InChI is InChI=1S/C15H19BrINO2/c16-14-6-5-12(17)7-13(14)15(20)18-8-10-3-1-2-4-11(10)9-19/h5-7,10-11,19H,1-4,8-9H2,(H,18,20). The van der Waals surface area contributed by atoms with Crippen LogP contribution < -0.4 is 5.32 Å². The van der Waals surface area contributed by atoms with Crippen LogP contribution in [0.4, 0.5) is 0 Å². The highest BCUT2D eigenvalue weighted by Gasteiger charge is 2.25. The molecule has 0 aliphatic heterocycles. The molecule has 110 valence electrons.